The van der Waals surface area contributed by atoms with E-state index in [0.29, 0.717) is 22.8 Å². The quantitative estimate of drug-likeness (QED) is 0.833. The van der Waals surface area contributed by atoms with Crippen LogP contribution < -0.4 is 19.5 Å². The van der Waals surface area contributed by atoms with E-state index >= 15 is 0 Å². The van der Waals surface area contributed by atoms with E-state index in [-0.39, 0.29) is 6.79 Å². The Morgan fingerprint density at radius 3 is 2.74 bits per heavy atom. The molecule has 0 aliphatic carbocycles. The number of nitrogens with one attached hydrogen (secondary N) is 1. The highest BCUT2D eigenvalue weighted by molar-refractivity contribution is 5.83. The molecular weight excluding hydrogens is 254 g/mol. The molecule has 0 spiro atoms. The molecule has 7 nitrogen and oxygen atoms in total. The summed E-state index contributed by atoms with van der Waals surface area (Å²) >= 11 is 0. The Bertz CT molecular complexity index is 527. The molecule has 0 radical (unpaired) electrons. The van der Waals surface area contributed by atoms with Crippen molar-refractivity contribution in [3.63, 3.8) is 0 Å². The largest absolute Gasteiger partial charge is 0.493 e. The molecule has 1 atom stereocenters. The summed E-state index contributed by atoms with van der Waals surface area (Å²) in [5.41, 5.74) is 0.351. The number of carbonyl (C=O) groups is 2. The maximum atomic E-state index is 11.2. The summed E-state index contributed by atoms with van der Waals surface area (Å²) in [4.78, 5) is 22.3. The molecule has 1 aliphatic heterocycles. The average Bonchev–Trinajstić information content (AvgIpc) is 2.82. The first-order chi connectivity index (χ1) is 9.02. The number of carbonyl (C=O) groups excluding carboxylic acids is 1. The molecule has 0 bridgehead atoms. The van der Waals surface area contributed by atoms with Gasteiger partial charge in [0.15, 0.2) is 17.5 Å². The van der Waals surface area contributed by atoms with Crippen molar-refractivity contribution in [1.82, 2.24) is 5.32 Å². The van der Waals surface area contributed by atoms with Crippen LogP contribution >= 0.6 is 0 Å². The predicted octanol–water partition coefficient (Wildman–Crippen LogP) is 0.686. The molecule has 1 aliphatic rings. The summed E-state index contributed by atoms with van der Waals surface area (Å²) in [6, 6.07) is 1.85. The first kappa shape index (κ1) is 13.0. The van der Waals surface area contributed by atoms with E-state index in [4.69, 9.17) is 19.3 Å². The highest BCUT2D eigenvalue weighted by Crippen LogP contribution is 2.43. The van der Waals surface area contributed by atoms with Crippen LogP contribution in [0.1, 0.15) is 18.5 Å². The number of hydrogen-bond acceptors (Lipinski definition) is 5. The minimum Gasteiger partial charge on any atom is -0.493 e. The molecule has 1 aromatic rings. The van der Waals surface area contributed by atoms with E-state index in [9.17, 15) is 9.59 Å². The maximum absolute atomic E-state index is 11.2. The number of carboxylic acid groups (broad SMARTS) is 1. The topological polar surface area (TPSA) is 94.1 Å². The van der Waals surface area contributed by atoms with Crippen LogP contribution in [-0.2, 0) is 9.59 Å². The van der Waals surface area contributed by atoms with Gasteiger partial charge in [-0.05, 0) is 17.7 Å². The van der Waals surface area contributed by atoms with Gasteiger partial charge >= 0.3 is 5.97 Å². The molecule has 19 heavy (non-hydrogen) atoms. The van der Waals surface area contributed by atoms with Gasteiger partial charge in [-0.15, -0.1) is 0 Å². The third-order valence-corrected chi connectivity index (χ3v) is 2.61. The van der Waals surface area contributed by atoms with Crippen molar-refractivity contribution in [3.8, 4) is 17.2 Å². The normalized spacial score (nSPS) is 13.8. The zero-order chi connectivity index (χ0) is 14.0. The fourth-order valence-electron chi connectivity index (χ4n) is 1.81. The molecular formula is C12H13NO6. The van der Waals surface area contributed by atoms with E-state index in [2.05, 4.69) is 5.32 Å². The van der Waals surface area contributed by atoms with Gasteiger partial charge in [-0.3, -0.25) is 4.79 Å². The predicted molar refractivity (Wildman–Crippen MR) is 63.3 cm³/mol. The van der Waals surface area contributed by atoms with Crippen molar-refractivity contribution in [2.24, 2.45) is 0 Å². The number of ether oxygens (including phenoxy) is 3. The van der Waals surface area contributed by atoms with Crippen molar-refractivity contribution < 1.29 is 28.9 Å². The van der Waals surface area contributed by atoms with Gasteiger partial charge in [-0.1, -0.05) is 0 Å². The Hall–Kier alpha value is -2.44. The van der Waals surface area contributed by atoms with Gasteiger partial charge in [-0.25, -0.2) is 4.79 Å². The first-order valence-corrected chi connectivity index (χ1v) is 5.50. The first-order valence-electron chi connectivity index (χ1n) is 5.50. The fraction of sp³-hybridized carbons (Fsp3) is 0.333. The van der Waals surface area contributed by atoms with Gasteiger partial charge in [0.1, 0.15) is 0 Å². The van der Waals surface area contributed by atoms with E-state index < -0.39 is 17.9 Å². The van der Waals surface area contributed by atoms with Crippen molar-refractivity contribution in [1.29, 1.82) is 0 Å². The van der Waals surface area contributed by atoms with Crippen LogP contribution in [0.4, 0.5) is 0 Å². The molecule has 0 saturated carbocycles. The van der Waals surface area contributed by atoms with Gasteiger partial charge in [0.25, 0.3) is 0 Å². The number of methoxy groups -OCH3 is 1. The minimum atomic E-state index is -1.17. The molecule has 1 heterocycles. The van der Waals surface area contributed by atoms with Gasteiger partial charge < -0.3 is 24.6 Å². The Morgan fingerprint density at radius 1 is 1.42 bits per heavy atom. The zero-order valence-corrected chi connectivity index (χ0v) is 10.4. The number of rotatable bonds is 4. The minimum absolute atomic E-state index is 0.0486. The summed E-state index contributed by atoms with van der Waals surface area (Å²) in [5.74, 6) is -0.425. The number of fused-ring (bicyclic) bond motifs is 1. The van der Waals surface area contributed by atoms with Gasteiger partial charge in [0.2, 0.25) is 18.4 Å². The van der Waals surface area contributed by atoms with Crippen LogP contribution in [0.5, 0.6) is 17.2 Å². The number of amides is 1. The Morgan fingerprint density at radius 2 is 2.16 bits per heavy atom. The van der Waals surface area contributed by atoms with Crippen LogP contribution in [0, 0.1) is 0 Å². The van der Waals surface area contributed by atoms with E-state index in [1.807, 2.05) is 0 Å². The third kappa shape index (κ3) is 2.54. The lowest BCUT2D eigenvalue weighted by atomic mass is 10.1. The van der Waals surface area contributed by atoms with Gasteiger partial charge in [0.05, 0.1) is 7.11 Å². The van der Waals surface area contributed by atoms with E-state index in [0.717, 1.165) is 0 Å². The lowest BCUT2D eigenvalue weighted by Gasteiger charge is -2.15. The summed E-state index contributed by atoms with van der Waals surface area (Å²) in [6.07, 6.45) is 0. The summed E-state index contributed by atoms with van der Waals surface area (Å²) in [6.45, 7) is 1.30. The lowest BCUT2D eigenvalue weighted by molar-refractivity contribution is -0.141. The fourth-order valence-corrected chi connectivity index (χ4v) is 1.81. The zero-order valence-electron chi connectivity index (χ0n) is 10.4. The molecule has 0 saturated heterocycles. The van der Waals surface area contributed by atoms with Crippen molar-refractivity contribution in [2.45, 2.75) is 13.0 Å². The number of carboxylic acids is 1. The number of aliphatic carboxylic acids is 1. The Labute approximate surface area is 109 Å². The molecule has 0 fully saturated rings. The molecule has 2 rings (SSSR count). The van der Waals surface area contributed by atoms with E-state index in [1.54, 1.807) is 0 Å². The smallest absolute Gasteiger partial charge is 0.330 e. The summed E-state index contributed by atoms with van der Waals surface area (Å²) in [7, 11) is 1.44. The standard InChI is InChI=1S/C12H13NO6/c1-6(14)13-10(12(15)16)7-3-8(17-2)11-9(4-7)18-5-19-11/h3-4,10H,5H2,1-2H3,(H,13,14)(H,15,16). The Balaban J connectivity index is 2.43. The van der Waals surface area contributed by atoms with Crippen molar-refractivity contribution in [2.75, 3.05) is 13.9 Å². The monoisotopic (exact) mass is 267 g/mol. The lowest BCUT2D eigenvalue weighted by Crippen LogP contribution is -2.31. The van der Waals surface area contributed by atoms with E-state index in [1.165, 1.54) is 26.2 Å². The third-order valence-electron chi connectivity index (χ3n) is 2.61. The van der Waals surface area contributed by atoms with Gasteiger partial charge in [-0.2, -0.15) is 0 Å². The maximum Gasteiger partial charge on any atom is 0.330 e. The molecule has 1 unspecified atom stereocenters. The van der Waals surface area contributed by atoms with Crippen LogP contribution in [0.25, 0.3) is 0 Å². The number of hydrogen-bond donors (Lipinski definition) is 2. The second kappa shape index (κ2) is 5.05. The van der Waals surface area contributed by atoms with Crippen LogP contribution in [0.2, 0.25) is 0 Å². The highest BCUT2D eigenvalue weighted by atomic mass is 16.7. The Kier molecular flexibility index (Phi) is 3.46. The van der Waals surface area contributed by atoms with Crippen LogP contribution in [0.15, 0.2) is 12.1 Å². The van der Waals surface area contributed by atoms with Crippen molar-refractivity contribution in [3.05, 3.63) is 17.7 Å². The SMILES string of the molecule is COc1cc(C(NC(C)=O)C(=O)O)cc2c1OCO2. The second-order valence-electron chi connectivity index (χ2n) is 3.93. The molecule has 1 amide bonds. The molecule has 1 aromatic carbocycles. The average molecular weight is 267 g/mol. The van der Waals surface area contributed by atoms with Crippen molar-refractivity contribution >= 4 is 11.9 Å². The molecule has 0 aromatic heterocycles. The molecule has 7 heteroatoms. The van der Waals surface area contributed by atoms with Crippen LogP contribution in [-0.4, -0.2) is 30.9 Å². The highest BCUT2D eigenvalue weighted by Gasteiger charge is 2.27. The molecule has 2 N–H and O–H groups in total. The summed E-state index contributed by atoms with van der Waals surface area (Å²) in [5, 5.41) is 11.5. The molecule has 102 valence electrons. The van der Waals surface area contributed by atoms with Crippen LogP contribution in [0.3, 0.4) is 0 Å². The summed E-state index contributed by atoms with van der Waals surface area (Å²) < 4.78 is 15.5. The van der Waals surface area contributed by atoms with Gasteiger partial charge in [0, 0.05) is 6.92 Å². The second-order valence-corrected chi connectivity index (χ2v) is 3.93. The number of benzene rings is 1.